The number of aliphatic hydroxyl groups is 1. The van der Waals surface area contributed by atoms with Crippen LogP contribution in [0.3, 0.4) is 0 Å². The average Bonchev–Trinajstić information content (AvgIpc) is 3.15. The lowest BCUT2D eigenvalue weighted by Gasteiger charge is -2.14. The predicted octanol–water partition coefficient (Wildman–Crippen LogP) is 3.68. The van der Waals surface area contributed by atoms with Crippen LogP contribution < -0.4 is 10.6 Å². The first-order chi connectivity index (χ1) is 14.2. The second kappa shape index (κ2) is 8.88. The summed E-state index contributed by atoms with van der Waals surface area (Å²) in [5.74, 6) is 0.734. The maximum atomic E-state index is 12.3. The molecule has 0 spiro atoms. The second-order valence-corrected chi connectivity index (χ2v) is 8.51. The Balaban J connectivity index is 1.46. The predicted molar refractivity (Wildman–Crippen MR) is 116 cm³/mol. The summed E-state index contributed by atoms with van der Waals surface area (Å²) in [5, 5.41) is 16.7. The van der Waals surface area contributed by atoms with Crippen LogP contribution in [0.2, 0.25) is 0 Å². The molecule has 4 rings (SSSR count). The number of carbonyl (C=O) groups excluding carboxylic acids is 1. The minimum absolute atomic E-state index is 0.0517. The summed E-state index contributed by atoms with van der Waals surface area (Å²) in [6.45, 7) is 2.52. The molecule has 0 saturated carbocycles. The van der Waals surface area contributed by atoms with E-state index in [4.69, 9.17) is 0 Å². The molecule has 1 aliphatic rings. The normalized spacial score (nSPS) is 14.4. The molecule has 29 heavy (non-hydrogen) atoms. The van der Waals surface area contributed by atoms with E-state index in [1.807, 2.05) is 31.2 Å². The van der Waals surface area contributed by atoms with Gasteiger partial charge in [-0.05, 0) is 55.4 Å². The summed E-state index contributed by atoms with van der Waals surface area (Å²) in [6.07, 6.45) is 7.07. The number of anilines is 1. The average molecular weight is 411 g/mol. The van der Waals surface area contributed by atoms with Gasteiger partial charge in [0.15, 0.2) is 0 Å². The molecular formula is C22H26N4O2S. The van der Waals surface area contributed by atoms with E-state index in [9.17, 15) is 9.90 Å². The summed E-state index contributed by atoms with van der Waals surface area (Å²) in [7, 11) is 0. The van der Waals surface area contributed by atoms with Crippen molar-refractivity contribution < 1.29 is 9.90 Å². The van der Waals surface area contributed by atoms with Gasteiger partial charge >= 0.3 is 0 Å². The molecule has 1 atom stereocenters. The topological polar surface area (TPSA) is 87.1 Å². The third kappa shape index (κ3) is 4.26. The van der Waals surface area contributed by atoms with E-state index in [1.165, 1.54) is 28.7 Å². The Kier molecular flexibility index (Phi) is 6.06. The molecule has 7 heteroatoms. The van der Waals surface area contributed by atoms with Gasteiger partial charge in [-0.2, -0.15) is 0 Å². The summed E-state index contributed by atoms with van der Waals surface area (Å²) in [6, 6.07) is 7.32. The number of carbonyl (C=O) groups is 1. The van der Waals surface area contributed by atoms with Gasteiger partial charge in [-0.25, -0.2) is 9.97 Å². The van der Waals surface area contributed by atoms with Crippen LogP contribution in [0.25, 0.3) is 10.2 Å². The molecule has 3 aromatic rings. The molecule has 3 N–H and O–H groups in total. The lowest BCUT2D eigenvalue weighted by molar-refractivity contribution is 0.0915. The zero-order valence-electron chi connectivity index (χ0n) is 16.6. The van der Waals surface area contributed by atoms with E-state index < -0.39 is 0 Å². The van der Waals surface area contributed by atoms with Crippen molar-refractivity contribution in [3.63, 3.8) is 0 Å². The number of aliphatic hydroxyl groups excluding tert-OH is 1. The van der Waals surface area contributed by atoms with Gasteiger partial charge in [0.1, 0.15) is 17.0 Å². The molecule has 0 fully saturated rings. The van der Waals surface area contributed by atoms with Crippen LogP contribution in [0.1, 0.15) is 52.5 Å². The van der Waals surface area contributed by atoms with Crippen molar-refractivity contribution in [3.05, 3.63) is 52.2 Å². The summed E-state index contributed by atoms with van der Waals surface area (Å²) in [5.41, 5.74) is 3.09. The number of rotatable bonds is 7. The Morgan fingerprint density at radius 3 is 2.76 bits per heavy atom. The number of aryl methyl sites for hydroxylation is 2. The van der Waals surface area contributed by atoms with Crippen LogP contribution in [0.5, 0.6) is 0 Å². The molecule has 152 valence electrons. The molecule has 1 aliphatic carbocycles. The molecule has 0 aliphatic heterocycles. The van der Waals surface area contributed by atoms with Gasteiger partial charge in [-0.1, -0.05) is 19.1 Å². The van der Waals surface area contributed by atoms with Gasteiger partial charge in [0.25, 0.3) is 5.91 Å². The number of thiophene rings is 1. The lowest BCUT2D eigenvalue weighted by atomic mass is 9.97. The van der Waals surface area contributed by atoms with Crippen molar-refractivity contribution in [2.24, 2.45) is 0 Å². The van der Waals surface area contributed by atoms with E-state index in [-0.39, 0.29) is 18.6 Å². The number of aromatic nitrogens is 2. The Bertz CT molecular complexity index is 996. The van der Waals surface area contributed by atoms with Crippen LogP contribution in [-0.4, -0.2) is 33.6 Å². The standard InChI is InChI=1S/C22H26N4O2S/c1-2-16(12-27)26-21(28)15-9-7-14(8-10-15)11-23-20-19-17-5-3-4-6-18(17)29-22(19)25-13-24-20/h7-10,13,16,27H,2-6,11-12H2,1H3,(H,26,28)(H,23,24,25). The van der Waals surface area contributed by atoms with Crippen molar-refractivity contribution in [1.82, 2.24) is 15.3 Å². The minimum Gasteiger partial charge on any atom is -0.394 e. The monoisotopic (exact) mass is 410 g/mol. The number of hydrogen-bond acceptors (Lipinski definition) is 6. The largest absolute Gasteiger partial charge is 0.394 e. The van der Waals surface area contributed by atoms with Crippen molar-refractivity contribution in [2.75, 3.05) is 11.9 Å². The Hall–Kier alpha value is -2.51. The number of amides is 1. The fourth-order valence-electron chi connectivity index (χ4n) is 3.73. The first kappa shape index (κ1) is 19.8. The van der Waals surface area contributed by atoms with E-state index in [1.54, 1.807) is 17.7 Å². The van der Waals surface area contributed by atoms with Gasteiger partial charge in [0.2, 0.25) is 0 Å². The molecule has 1 unspecified atom stereocenters. The minimum atomic E-state index is -0.208. The maximum absolute atomic E-state index is 12.3. The highest BCUT2D eigenvalue weighted by atomic mass is 32.1. The van der Waals surface area contributed by atoms with Crippen LogP contribution in [0.15, 0.2) is 30.6 Å². The van der Waals surface area contributed by atoms with Gasteiger partial charge in [0, 0.05) is 17.0 Å². The van der Waals surface area contributed by atoms with Gasteiger partial charge < -0.3 is 15.7 Å². The summed E-state index contributed by atoms with van der Waals surface area (Å²) < 4.78 is 0. The third-order valence-electron chi connectivity index (χ3n) is 5.48. The highest BCUT2D eigenvalue weighted by Gasteiger charge is 2.19. The third-order valence-corrected chi connectivity index (χ3v) is 6.68. The number of nitrogens with one attached hydrogen (secondary N) is 2. The van der Waals surface area contributed by atoms with E-state index >= 15 is 0 Å². The molecule has 2 heterocycles. The highest BCUT2D eigenvalue weighted by molar-refractivity contribution is 7.19. The van der Waals surface area contributed by atoms with Crippen LogP contribution >= 0.6 is 11.3 Å². The van der Waals surface area contributed by atoms with Crippen LogP contribution in [-0.2, 0) is 19.4 Å². The summed E-state index contributed by atoms with van der Waals surface area (Å²) >= 11 is 1.80. The fraction of sp³-hybridized carbons (Fsp3) is 0.409. The van der Waals surface area contributed by atoms with E-state index in [0.29, 0.717) is 18.5 Å². The van der Waals surface area contributed by atoms with Gasteiger partial charge in [-0.3, -0.25) is 4.79 Å². The molecule has 2 aromatic heterocycles. The lowest BCUT2D eigenvalue weighted by Crippen LogP contribution is -2.36. The Labute approximate surface area is 174 Å². The Morgan fingerprint density at radius 2 is 2.00 bits per heavy atom. The molecule has 0 bridgehead atoms. The van der Waals surface area contributed by atoms with Crippen LogP contribution in [0.4, 0.5) is 5.82 Å². The molecular weight excluding hydrogens is 384 g/mol. The summed E-state index contributed by atoms with van der Waals surface area (Å²) in [4.78, 5) is 23.8. The molecule has 1 amide bonds. The fourth-order valence-corrected chi connectivity index (χ4v) is 4.96. The van der Waals surface area contributed by atoms with Crippen molar-refractivity contribution in [3.8, 4) is 0 Å². The molecule has 1 aromatic carbocycles. The highest BCUT2D eigenvalue weighted by Crippen LogP contribution is 2.38. The quantitative estimate of drug-likeness (QED) is 0.553. The van der Waals surface area contributed by atoms with Gasteiger partial charge in [0.05, 0.1) is 18.0 Å². The number of fused-ring (bicyclic) bond motifs is 3. The van der Waals surface area contributed by atoms with Crippen molar-refractivity contribution in [1.29, 1.82) is 0 Å². The van der Waals surface area contributed by atoms with E-state index in [0.717, 1.165) is 29.1 Å². The molecule has 0 saturated heterocycles. The molecule has 6 nitrogen and oxygen atoms in total. The van der Waals surface area contributed by atoms with Crippen molar-refractivity contribution >= 4 is 33.3 Å². The van der Waals surface area contributed by atoms with Gasteiger partial charge in [-0.15, -0.1) is 11.3 Å². The smallest absolute Gasteiger partial charge is 0.251 e. The molecule has 0 radical (unpaired) electrons. The zero-order valence-corrected chi connectivity index (χ0v) is 17.4. The number of nitrogens with zero attached hydrogens (tertiary/aromatic N) is 2. The first-order valence-electron chi connectivity index (χ1n) is 10.2. The zero-order chi connectivity index (χ0) is 20.2. The first-order valence-corrected chi connectivity index (χ1v) is 11.0. The van der Waals surface area contributed by atoms with Crippen molar-refractivity contribution in [2.45, 2.75) is 51.6 Å². The van der Waals surface area contributed by atoms with E-state index in [2.05, 4.69) is 20.6 Å². The maximum Gasteiger partial charge on any atom is 0.251 e. The number of hydrogen-bond donors (Lipinski definition) is 3. The Morgan fingerprint density at radius 1 is 1.21 bits per heavy atom. The second-order valence-electron chi connectivity index (χ2n) is 7.43. The number of benzene rings is 1. The van der Waals surface area contributed by atoms with Crippen LogP contribution in [0, 0.1) is 0 Å². The SMILES string of the molecule is CCC(CO)NC(=O)c1ccc(CNc2ncnc3sc4c(c23)CCCC4)cc1.